The Labute approximate surface area is 149 Å². The maximum absolute atomic E-state index is 14.2. The number of halogens is 1. The van der Waals surface area contributed by atoms with Gasteiger partial charge in [-0.15, -0.1) is 0 Å². The molecular weight excluding hydrogens is 337 g/mol. The highest BCUT2D eigenvalue weighted by atomic mass is 19.1. The molecule has 1 aromatic carbocycles. The van der Waals surface area contributed by atoms with Crippen molar-refractivity contribution in [3.63, 3.8) is 0 Å². The maximum atomic E-state index is 14.2. The number of carbonyl (C=O) groups excluding carboxylic acids is 1. The van der Waals surface area contributed by atoms with Crippen molar-refractivity contribution in [1.29, 1.82) is 0 Å². The van der Waals surface area contributed by atoms with E-state index in [0.717, 1.165) is 0 Å². The molecule has 1 amide bonds. The van der Waals surface area contributed by atoms with Crippen molar-refractivity contribution in [2.45, 2.75) is 0 Å². The molecule has 8 heteroatoms. The van der Waals surface area contributed by atoms with Crippen molar-refractivity contribution in [2.75, 3.05) is 24.4 Å². The number of amides is 1. The number of nitrogens with one attached hydrogen (secondary N) is 1. The average molecular weight is 353 g/mol. The number of anilines is 3. The zero-order valence-corrected chi connectivity index (χ0v) is 14.2. The molecule has 132 valence electrons. The molecule has 0 aliphatic rings. The van der Waals surface area contributed by atoms with E-state index in [9.17, 15) is 9.18 Å². The molecule has 3 rings (SSSR count). The van der Waals surface area contributed by atoms with Gasteiger partial charge in [-0.05, 0) is 24.3 Å². The first kappa shape index (κ1) is 17.3. The molecular formula is C18H16FN5O2. The Bertz CT molecular complexity index is 920. The van der Waals surface area contributed by atoms with E-state index in [0.29, 0.717) is 17.3 Å². The Balaban J connectivity index is 1.84. The van der Waals surface area contributed by atoms with Crippen LogP contribution in [0.2, 0.25) is 0 Å². The van der Waals surface area contributed by atoms with E-state index in [1.807, 2.05) is 0 Å². The van der Waals surface area contributed by atoms with Crippen molar-refractivity contribution >= 4 is 23.0 Å². The largest absolute Gasteiger partial charge is 0.481 e. The summed E-state index contributed by atoms with van der Waals surface area (Å²) in [6, 6.07) is 9.16. The second kappa shape index (κ2) is 7.56. The van der Waals surface area contributed by atoms with Crippen molar-refractivity contribution in [1.82, 2.24) is 15.0 Å². The normalized spacial score (nSPS) is 10.3. The molecule has 0 unspecified atom stereocenters. The Morgan fingerprint density at radius 3 is 2.69 bits per heavy atom. The number of benzene rings is 1. The topological polar surface area (TPSA) is 80.2 Å². The van der Waals surface area contributed by atoms with E-state index < -0.39 is 11.7 Å². The van der Waals surface area contributed by atoms with Crippen LogP contribution in [0.5, 0.6) is 5.88 Å². The second-order valence-corrected chi connectivity index (χ2v) is 5.34. The summed E-state index contributed by atoms with van der Waals surface area (Å²) < 4.78 is 19.3. The van der Waals surface area contributed by atoms with Gasteiger partial charge in [-0.3, -0.25) is 4.79 Å². The van der Waals surface area contributed by atoms with Crippen molar-refractivity contribution < 1.29 is 13.9 Å². The van der Waals surface area contributed by atoms with Gasteiger partial charge in [0.25, 0.3) is 5.91 Å². The highest BCUT2D eigenvalue weighted by Crippen LogP contribution is 2.28. The van der Waals surface area contributed by atoms with Gasteiger partial charge in [-0.25, -0.2) is 19.3 Å². The van der Waals surface area contributed by atoms with Crippen LogP contribution >= 0.6 is 0 Å². The van der Waals surface area contributed by atoms with Crippen molar-refractivity contribution in [3.05, 3.63) is 66.6 Å². The van der Waals surface area contributed by atoms with Gasteiger partial charge >= 0.3 is 0 Å². The van der Waals surface area contributed by atoms with E-state index in [1.165, 1.54) is 31.6 Å². The van der Waals surface area contributed by atoms with Gasteiger partial charge in [0.15, 0.2) is 0 Å². The lowest BCUT2D eigenvalue weighted by atomic mass is 10.2. The number of aromatic nitrogens is 3. The molecule has 1 N–H and O–H groups in total. The van der Waals surface area contributed by atoms with Crippen LogP contribution in [0, 0.1) is 5.82 Å². The number of hydrogen-bond acceptors (Lipinski definition) is 6. The molecule has 0 saturated carbocycles. The molecule has 0 atom stereocenters. The summed E-state index contributed by atoms with van der Waals surface area (Å²) in [5.41, 5.74) is 1.51. The summed E-state index contributed by atoms with van der Waals surface area (Å²) in [5, 5.41) is 2.70. The third-order valence-electron chi connectivity index (χ3n) is 3.66. The van der Waals surface area contributed by atoms with Gasteiger partial charge < -0.3 is 15.0 Å². The van der Waals surface area contributed by atoms with Crippen molar-refractivity contribution in [3.8, 4) is 5.88 Å². The minimum atomic E-state index is -0.436. The minimum Gasteiger partial charge on any atom is -0.481 e. The van der Waals surface area contributed by atoms with Crippen LogP contribution in [0.25, 0.3) is 0 Å². The van der Waals surface area contributed by atoms with E-state index in [4.69, 9.17) is 4.74 Å². The van der Waals surface area contributed by atoms with Crippen LogP contribution in [0.4, 0.5) is 21.5 Å². The van der Waals surface area contributed by atoms with Crippen LogP contribution in [0.3, 0.4) is 0 Å². The zero-order chi connectivity index (χ0) is 18.5. The molecule has 0 radical (unpaired) electrons. The van der Waals surface area contributed by atoms with Gasteiger partial charge in [-0.2, -0.15) is 0 Å². The van der Waals surface area contributed by atoms with Gasteiger partial charge in [0.1, 0.15) is 17.8 Å². The molecule has 0 saturated heterocycles. The van der Waals surface area contributed by atoms with E-state index in [-0.39, 0.29) is 11.4 Å². The summed E-state index contributed by atoms with van der Waals surface area (Å²) in [5.74, 6) is -0.526. The predicted octanol–water partition coefficient (Wildman–Crippen LogP) is 3.04. The van der Waals surface area contributed by atoms with Gasteiger partial charge in [-0.1, -0.05) is 6.07 Å². The Morgan fingerprint density at radius 1 is 1.19 bits per heavy atom. The fraction of sp³-hybridized carbons (Fsp3) is 0.111. The lowest BCUT2D eigenvalue weighted by Crippen LogP contribution is -2.16. The maximum Gasteiger partial charge on any atom is 0.274 e. The molecule has 0 fully saturated rings. The minimum absolute atomic E-state index is 0.194. The summed E-state index contributed by atoms with van der Waals surface area (Å²) in [4.78, 5) is 25.9. The number of hydrogen-bond donors (Lipinski definition) is 1. The summed E-state index contributed by atoms with van der Waals surface area (Å²) in [6.07, 6.45) is 4.53. The number of ether oxygens (including phenoxy) is 1. The van der Waals surface area contributed by atoms with Gasteiger partial charge in [0.05, 0.1) is 30.9 Å². The van der Waals surface area contributed by atoms with E-state index in [1.54, 1.807) is 42.5 Å². The molecule has 0 aliphatic carbocycles. The van der Waals surface area contributed by atoms with Crippen molar-refractivity contribution in [2.24, 2.45) is 0 Å². The zero-order valence-electron chi connectivity index (χ0n) is 14.2. The fourth-order valence-corrected chi connectivity index (χ4v) is 2.30. The Kier molecular flexibility index (Phi) is 5.02. The number of rotatable bonds is 5. The smallest absolute Gasteiger partial charge is 0.274 e. The average Bonchev–Trinajstić information content (AvgIpc) is 2.69. The monoisotopic (exact) mass is 353 g/mol. The quantitative estimate of drug-likeness (QED) is 0.759. The van der Waals surface area contributed by atoms with Crippen LogP contribution in [-0.4, -0.2) is 35.0 Å². The molecule has 3 aromatic rings. The lowest BCUT2D eigenvalue weighted by Gasteiger charge is -2.20. The summed E-state index contributed by atoms with van der Waals surface area (Å²) in [7, 11) is 3.16. The third-order valence-corrected chi connectivity index (χ3v) is 3.66. The third kappa shape index (κ3) is 3.75. The summed E-state index contributed by atoms with van der Waals surface area (Å²) in [6.45, 7) is 0. The lowest BCUT2D eigenvalue weighted by molar-refractivity contribution is 0.102. The number of nitrogens with zero attached hydrogens (tertiary/aromatic N) is 4. The van der Waals surface area contributed by atoms with Crippen LogP contribution in [0.1, 0.15) is 10.5 Å². The number of pyridine rings is 1. The second-order valence-electron chi connectivity index (χ2n) is 5.34. The molecule has 0 spiro atoms. The first-order valence-corrected chi connectivity index (χ1v) is 7.69. The first-order chi connectivity index (χ1) is 12.6. The Morgan fingerprint density at radius 2 is 1.96 bits per heavy atom. The van der Waals surface area contributed by atoms with E-state index >= 15 is 0 Å². The Hall–Kier alpha value is -3.55. The van der Waals surface area contributed by atoms with Crippen LogP contribution in [-0.2, 0) is 0 Å². The van der Waals surface area contributed by atoms with E-state index in [2.05, 4.69) is 20.3 Å². The van der Waals surface area contributed by atoms with Gasteiger partial charge in [0.2, 0.25) is 5.88 Å². The molecule has 0 aliphatic heterocycles. The fourth-order valence-electron chi connectivity index (χ4n) is 2.30. The highest BCUT2D eigenvalue weighted by molar-refractivity contribution is 6.03. The number of carbonyl (C=O) groups is 1. The summed E-state index contributed by atoms with van der Waals surface area (Å²) >= 11 is 0. The van der Waals surface area contributed by atoms with Gasteiger partial charge in [0, 0.05) is 18.8 Å². The molecule has 0 bridgehead atoms. The predicted molar refractivity (Wildman–Crippen MR) is 95.2 cm³/mol. The van der Waals surface area contributed by atoms with Crippen LogP contribution < -0.4 is 15.0 Å². The number of methoxy groups -OCH3 is 1. The SMILES string of the molecule is COc1cccc(C(=O)Nc2ccc(F)c(N(C)c3cncnc3)c2)n1. The van der Waals surface area contributed by atoms with Crippen LogP contribution in [0.15, 0.2) is 55.1 Å². The molecule has 2 heterocycles. The molecule has 2 aromatic heterocycles. The molecule has 26 heavy (non-hydrogen) atoms. The standard InChI is InChI=1S/C18H16FN5O2/c1-24(13-9-20-11-21-10-13)16-8-12(6-7-14(16)19)22-18(25)15-4-3-5-17(23-15)26-2/h3-11H,1-2H3,(H,22,25). The first-order valence-electron chi connectivity index (χ1n) is 7.69. The highest BCUT2D eigenvalue weighted by Gasteiger charge is 2.14. The molecule has 7 nitrogen and oxygen atoms in total.